The number of thioether (sulfide) groups is 1. The molecular formula is C10H21NO2S. The predicted molar refractivity (Wildman–Crippen MR) is 61.7 cm³/mol. The summed E-state index contributed by atoms with van der Waals surface area (Å²) in [7, 11) is 0. The van der Waals surface area contributed by atoms with Gasteiger partial charge in [-0.1, -0.05) is 6.92 Å². The van der Waals surface area contributed by atoms with E-state index >= 15 is 0 Å². The highest BCUT2D eigenvalue weighted by Crippen LogP contribution is 2.06. The van der Waals surface area contributed by atoms with Crippen LogP contribution in [0.3, 0.4) is 0 Å². The standard InChI is InChI=1S/C10H21NO2S/c1-8(14-5)6-11-7-9(12)13-10(2,3)4/h8,11H,6-7H2,1-5H3. The average molecular weight is 219 g/mol. The van der Waals surface area contributed by atoms with E-state index in [9.17, 15) is 4.79 Å². The lowest BCUT2D eigenvalue weighted by Gasteiger charge is -2.19. The van der Waals surface area contributed by atoms with Gasteiger partial charge in [0.15, 0.2) is 0 Å². The summed E-state index contributed by atoms with van der Waals surface area (Å²) in [6.45, 7) is 8.86. The molecule has 1 N–H and O–H groups in total. The molecule has 0 heterocycles. The fourth-order valence-electron chi connectivity index (χ4n) is 0.838. The quantitative estimate of drug-likeness (QED) is 0.714. The second-order valence-electron chi connectivity index (χ2n) is 4.26. The van der Waals surface area contributed by atoms with Gasteiger partial charge in [0.2, 0.25) is 0 Å². The summed E-state index contributed by atoms with van der Waals surface area (Å²) in [5.74, 6) is -0.189. The molecule has 0 amide bonds. The van der Waals surface area contributed by atoms with E-state index in [1.165, 1.54) is 0 Å². The van der Waals surface area contributed by atoms with Crippen LogP contribution in [0.15, 0.2) is 0 Å². The molecule has 0 aromatic carbocycles. The van der Waals surface area contributed by atoms with Crippen molar-refractivity contribution in [2.45, 2.75) is 38.5 Å². The number of carbonyl (C=O) groups is 1. The zero-order chi connectivity index (χ0) is 11.2. The Bertz CT molecular complexity index is 177. The molecule has 4 heteroatoms. The van der Waals surface area contributed by atoms with Crippen molar-refractivity contribution in [3.63, 3.8) is 0 Å². The second-order valence-corrected chi connectivity index (χ2v) is 5.54. The van der Waals surface area contributed by atoms with Crippen molar-refractivity contribution in [3.05, 3.63) is 0 Å². The fourth-order valence-corrected chi connectivity index (χ4v) is 1.12. The summed E-state index contributed by atoms with van der Waals surface area (Å²) >= 11 is 1.77. The molecule has 0 fully saturated rings. The van der Waals surface area contributed by atoms with Crippen LogP contribution in [0.2, 0.25) is 0 Å². The largest absolute Gasteiger partial charge is 0.459 e. The van der Waals surface area contributed by atoms with Gasteiger partial charge in [-0.2, -0.15) is 11.8 Å². The first-order chi connectivity index (χ1) is 6.35. The number of carbonyl (C=O) groups excluding carboxylic acids is 1. The first-order valence-electron chi connectivity index (χ1n) is 4.80. The van der Waals surface area contributed by atoms with Crippen LogP contribution in [0, 0.1) is 0 Å². The third-order valence-electron chi connectivity index (χ3n) is 1.52. The molecule has 1 unspecified atom stereocenters. The van der Waals surface area contributed by atoms with Gasteiger partial charge in [-0.3, -0.25) is 4.79 Å². The van der Waals surface area contributed by atoms with Crippen LogP contribution in [-0.4, -0.2) is 36.2 Å². The third kappa shape index (κ3) is 8.38. The monoisotopic (exact) mass is 219 g/mol. The Labute approximate surface area is 91.0 Å². The molecule has 0 saturated carbocycles. The summed E-state index contributed by atoms with van der Waals surface area (Å²) in [4.78, 5) is 11.2. The molecule has 0 aromatic rings. The van der Waals surface area contributed by atoms with Crippen LogP contribution in [0.1, 0.15) is 27.7 Å². The molecule has 0 rings (SSSR count). The van der Waals surface area contributed by atoms with E-state index in [1.807, 2.05) is 20.8 Å². The predicted octanol–water partition coefficient (Wildman–Crippen LogP) is 1.67. The van der Waals surface area contributed by atoms with E-state index < -0.39 is 0 Å². The van der Waals surface area contributed by atoms with Crippen molar-refractivity contribution in [2.75, 3.05) is 19.3 Å². The number of nitrogens with one attached hydrogen (secondary N) is 1. The smallest absolute Gasteiger partial charge is 0.320 e. The Morgan fingerprint density at radius 3 is 2.50 bits per heavy atom. The first kappa shape index (κ1) is 13.8. The van der Waals surface area contributed by atoms with E-state index in [4.69, 9.17) is 4.74 Å². The van der Waals surface area contributed by atoms with Crippen molar-refractivity contribution in [1.29, 1.82) is 0 Å². The summed E-state index contributed by atoms with van der Waals surface area (Å²) in [6, 6.07) is 0. The average Bonchev–Trinajstić information content (AvgIpc) is 2.00. The Hall–Kier alpha value is -0.220. The SMILES string of the molecule is CSC(C)CNCC(=O)OC(C)(C)C. The zero-order valence-electron chi connectivity index (χ0n) is 9.72. The Kier molecular flexibility index (Phi) is 6.20. The van der Waals surface area contributed by atoms with Crippen molar-refractivity contribution in [2.24, 2.45) is 0 Å². The van der Waals surface area contributed by atoms with Crippen LogP contribution in [0.5, 0.6) is 0 Å². The van der Waals surface area contributed by atoms with Gasteiger partial charge in [0.05, 0.1) is 6.54 Å². The van der Waals surface area contributed by atoms with Gasteiger partial charge in [-0.05, 0) is 27.0 Å². The lowest BCUT2D eigenvalue weighted by atomic mass is 10.2. The minimum atomic E-state index is -0.385. The van der Waals surface area contributed by atoms with Gasteiger partial charge in [0, 0.05) is 11.8 Å². The maximum absolute atomic E-state index is 11.2. The zero-order valence-corrected chi connectivity index (χ0v) is 10.5. The van der Waals surface area contributed by atoms with Gasteiger partial charge in [0.1, 0.15) is 5.60 Å². The van der Waals surface area contributed by atoms with E-state index in [2.05, 4.69) is 18.5 Å². The molecule has 0 aliphatic carbocycles. The van der Waals surface area contributed by atoms with Crippen LogP contribution >= 0.6 is 11.8 Å². The highest BCUT2D eigenvalue weighted by Gasteiger charge is 2.15. The molecule has 0 spiro atoms. The Morgan fingerprint density at radius 1 is 1.50 bits per heavy atom. The highest BCUT2D eigenvalue weighted by atomic mass is 32.2. The van der Waals surface area contributed by atoms with E-state index in [0.29, 0.717) is 11.8 Å². The van der Waals surface area contributed by atoms with Gasteiger partial charge in [0.25, 0.3) is 0 Å². The van der Waals surface area contributed by atoms with Crippen molar-refractivity contribution in [3.8, 4) is 0 Å². The highest BCUT2D eigenvalue weighted by molar-refractivity contribution is 7.99. The molecular weight excluding hydrogens is 198 g/mol. The van der Waals surface area contributed by atoms with Crippen molar-refractivity contribution < 1.29 is 9.53 Å². The number of hydrogen-bond donors (Lipinski definition) is 1. The van der Waals surface area contributed by atoms with Crippen molar-refractivity contribution >= 4 is 17.7 Å². The number of esters is 1. The van der Waals surface area contributed by atoms with Crippen LogP contribution in [0.25, 0.3) is 0 Å². The number of rotatable bonds is 5. The molecule has 84 valence electrons. The molecule has 0 bridgehead atoms. The van der Waals surface area contributed by atoms with Crippen LogP contribution in [-0.2, 0) is 9.53 Å². The summed E-state index contributed by atoms with van der Waals surface area (Å²) < 4.78 is 5.14. The first-order valence-corrected chi connectivity index (χ1v) is 6.09. The molecule has 0 aliphatic heterocycles. The Morgan fingerprint density at radius 2 is 2.07 bits per heavy atom. The topological polar surface area (TPSA) is 38.3 Å². The molecule has 0 radical (unpaired) electrons. The molecule has 1 atom stereocenters. The van der Waals surface area contributed by atoms with Crippen molar-refractivity contribution in [1.82, 2.24) is 5.32 Å². The number of hydrogen-bond acceptors (Lipinski definition) is 4. The summed E-state index contributed by atoms with van der Waals surface area (Å²) in [5.41, 5.74) is -0.385. The van der Waals surface area contributed by atoms with E-state index in [1.54, 1.807) is 11.8 Å². The summed E-state index contributed by atoms with van der Waals surface area (Å²) in [6.07, 6.45) is 2.06. The van der Waals surface area contributed by atoms with Gasteiger partial charge < -0.3 is 10.1 Å². The minimum absolute atomic E-state index is 0.189. The lowest BCUT2D eigenvalue weighted by molar-refractivity contribution is -0.153. The molecule has 14 heavy (non-hydrogen) atoms. The normalized spacial score (nSPS) is 13.8. The lowest BCUT2D eigenvalue weighted by Crippen LogP contribution is -2.33. The summed E-state index contributed by atoms with van der Waals surface area (Å²) in [5, 5.41) is 3.59. The molecule has 0 aromatic heterocycles. The number of ether oxygens (including phenoxy) is 1. The van der Waals surface area contributed by atoms with Crippen LogP contribution < -0.4 is 5.32 Å². The van der Waals surface area contributed by atoms with Crippen LogP contribution in [0.4, 0.5) is 0 Å². The molecule has 0 aliphatic rings. The van der Waals surface area contributed by atoms with Gasteiger partial charge >= 0.3 is 5.97 Å². The van der Waals surface area contributed by atoms with E-state index in [-0.39, 0.29) is 11.6 Å². The second kappa shape index (κ2) is 6.30. The Balaban J connectivity index is 3.55. The molecule has 0 saturated heterocycles. The maximum Gasteiger partial charge on any atom is 0.320 e. The molecule has 3 nitrogen and oxygen atoms in total. The van der Waals surface area contributed by atoms with E-state index in [0.717, 1.165) is 6.54 Å². The minimum Gasteiger partial charge on any atom is -0.459 e. The van der Waals surface area contributed by atoms with Gasteiger partial charge in [-0.15, -0.1) is 0 Å². The maximum atomic E-state index is 11.2. The third-order valence-corrected chi connectivity index (χ3v) is 2.49. The fraction of sp³-hybridized carbons (Fsp3) is 0.900. The van der Waals surface area contributed by atoms with Gasteiger partial charge in [-0.25, -0.2) is 0 Å².